The molecule has 3 aromatic rings. The Labute approximate surface area is 115 Å². The Kier molecular flexibility index (Phi) is 3.22. The molecule has 2 nitrogen and oxygen atoms in total. The van der Waals surface area contributed by atoms with Crippen LogP contribution in [0.5, 0.6) is 0 Å². The molecule has 2 aromatic carbocycles. The van der Waals surface area contributed by atoms with Crippen molar-refractivity contribution in [3.05, 3.63) is 48.0 Å². The van der Waals surface area contributed by atoms with E-state index in [9.17, 15) is 4.79 Å². The number of hydrogen-bond acceptors (Lipinski definition) is 2. The number of carbonyl (C=O) groups is 1. The van der Waals surface area contributed by atoms with Crippen molar-refractivity contribution in [3.63, 3.8) is 0 Å². The molecule has 0 unspecified atom stereocenters. The molecule has 1 heterocycles. The van der Waals surface area contributed by atoms with Crippen LogP contribution in [0.15, 0.2) is 42.5 Å². The lowest BCUT2D eigenvalue weighted by atomic mass is 10.0. The molecule has 0 aliphatic rings. The van der Waals surface area contributed by atoms with Gasteiger partial charge in [-0.25, -0.2) is 0 Å². The van der Waals surface area contributed by atoms with Crippen LogP contribution in [0.2, 0.25) is 0 Å². The molecule has 0 aliphatic heterocycles. The molecule has 0 amide bonds. The van der Waals surface area contributed by atoms with Gasteiger partial charge in [-0.3, -0.25) is 4.79 Å². The van der Waals surface area contributed by atoms with Gasteiger partial charge in [-0.1, -0.05) is 24.3 Å². The average molecular weight is 270 g/mol. The standard InChI is InChI=1S/C16H14O2S/c17-16(18)7-3-4-11-8-9-15-13(10-11)12-5-1-2-6-14(12)19-15/h1-2,5-6,8-10H,3-4,7H2,(H,17,18). The lowest BCUT2D eigenvalue weighted by Gasteiger charge is -2.00. The van der Waals surface area contributed by atoms with E-state index in [0.29, 0.717) is 6.42 Å². The number of fused-ring (bicyclic) bond motifs is 3. The molecule has 1 aromatic heterocycles. The van der Waals surface area contributed by atoms with Crippen LogP contribution >= 0.6 is 11.3 Å². The van der Waals surface area contributed by atoms with Crippen molar-refractivity contribution in [3.8, 4) is 0 Å². The van der Waals surface area contributed by atoms with Crippen LogP contribution in [0.1, 0.15) is 18.4 Å². The Bertz CT molecular complexity index is 743. The summed E-state index contributed by atoms with van der Waals surface area (Å²) in [6, 6.07) is 14.9. The number of carboxylic acids is 1. The van der Waals surface area contributed by atoms with E-state index >= 15 is 0 Å². The minimum absolute atomic E-state index is 0.239. The van der Waals surface area contributed by atoms with Gasteiger partial charge in [0.15, 0.2) is 0 Å². The van der Waals surface area contributed by atoms with Crippen LogP contribution in [0.25, 0.3) is 20.2 Å². The first-order chi connectivity index (χ1) is 9.24. The molecule has 3 rings (SSSR count). The number of aryl methyl sites for hydroxylation is 1. The molecule has 0 saturated heterocycles. The Morgan fingerprint density at radius 2 is 1.84 bits per heavy atom. The number of carboxylic acid groups (broad SMARTS) is 1. The summed E-state index contributed by atoms with van der Waals surface area (Å²) in [5.74, 6) is -0.720. The maximum Gasteiger partial charge on any atom is 0.303 e. The number of hydrogen-bond donors (Lipinski definition) is 1. The van der Waals surface area contributed by atoms with Gasteiger partial charge in [-0.15, -0.1) is 11.3 Å². The van der Waals surface area contributed by atoms with Gasteiger partial charge < -0.3 is 5.11 Å². The highest BCUT2D eigenvalue weighted by Gasteiger charge is 2.05. The SMILES string of the molecule is O=C(O)CCCc1ccc2sc3ccccc3c2c1. The van der Waals surface area contributed by atoms with E-state index in [4.69, 9.17) is 5.11 Å². The van der Waals surface area contributed by atoms with E-state index in [2.05, 4.69) is 42.5 Å². The highest BCUT2D eigenvalue weighted by molar-refractivity contribution is 7.25. The van der Waals surface area contributed by atoms with Crippen molar-refractivity contribution >= 4 is 37.5 Å². The largest absolute Gasteiger partial charge is 0.481 e. The minimum Gasteiger partial charge on any atom is -0.481 e. The van der Waals surface area contributed by atoms with Gasteiger partial charge in [-0.2, -0.15) is 0 Å². The fraction of sp³-hybridized carbons (Fsp3) is 0.188. The molecule has 0 fully saturated rings. The fourth-order valence-corrected chi connectivity index (χ4v) is 3.46. The van der Waals surface area contributed by atoms with Gasteiger partial charge in [0.25, 0.3) is 0 Å². The Balaban J connectivity index is 1.95. The first-order valence-corrected chi connectivity index (χ1v) is 7.17. The second kappa shape index (κ2) is 5.02. The van der Waals surface area contributed by atoms with E-state index in [1.54, 1.807) is 11.3 Å². The Morgan fingerprint density at radius 3 is 2.68 bits per heavy atom. The monoisotopic (exact) mass is 270 g/mol. The number of thiophene rings is 1. The van der Waals surface area contributed by atoms with Crippen molar-refractivity contribution in [1.82, 2.24) is 0 Å². The van der Waals surface area contributed by atoms with Crippen molar-refractivity contribution in [2.45, 2.75) is 19.3 Å². The topological polar surface area (TPSA) is 37.3 Å². The molecule has 0 aliphatic carbocycles. The number of benzene rings is 2. The summed E-state index contributed by atoms with van der Waals surface area (Å²) in [5.41, 5.74) is 1.22. The third kappa shape index (κ3) is 2.47. The van der Waals surface area contributed by atoms with Crippen molar-refractivity contribution in [2.24, 2.45) is 0 Å². The van der Waals surface area contributed by atoms with Crippen LogP contribution in [0.4, 0.5) is 0 Å². The zero-order valence-corrected chi connectivity index (χ0v) is 11.2. The summed E-state index contributed by atoms with van der Waals surface area (Å²) in [7, 11) is 0. The summed E-state index contributed by atoms with van der Waals surface area (Å²) >= 11 is 1.80. The summed E-state index contributed by atoms with van der Waals surface area (Å²) in [5, 5.41) is 11.3. The molecule has 19 heavy (non-hydrogen) atoms. The molecule has 0 radical (unpaired) electrons. The molecule has 96 valence electrons. The van der Waals surface area contributed by atoms with Crippen LogP contribution in [0, 0.1) is 0 Å². The van der Waals surface area contributed by atoms with Crippen LogP contribution in [-0.4, -0.2) is 11.1 Å². The van der Waals surface area contributed by atoms with Gasteiger partial charge >= 0.3 is 5.97 Å². The molecule has 0 bridgehead atoms. The van der Waals surface area contributed by atoms with Crippen LogP contribution < -0.4 is 0 Å². The molecule has 3 heteroatoms. The lowest BCUT2D eigenvalue weighted by molar-refractivity contribution is -0.137. The molecule has 0 atom stereocenters. The third-order valence-corrected chi connectivity index (χ3v) is 4.45. The van der Waals surface area contributed by atoms with E-state index in [0.717, 1.165) is 6.42 Å². The Hall–Kier alpha value is -1.87. The first kappa shape index (κ1) is 12.2. The maximum atomic E-state index is 10.5. The van der Waals surface area contributed by atoms with E-state index in [1.165, 1.54) is 25.7 Å². The van der Waals surface area contributed by atoms with Gasteiger partial charge in [0.1, 0.15) is 0 Å². The third-order valence-electron chi connectivity index (χ3n) is 3.30. The van der Waals surface area contributed by atoms with Crippen molar-refractivity contribution in [2.75, 3.05) is 0 Å². The maximum absolute atomic E-state index is 10.5. The zero-order valence-electron chi connectivity index (χ0n) is 10.4. The van der Waals surface area contributed by atoms with Crippen molar-refractivity contribution < 1.29 is 9.90 Å². The van der Waals surface area contributed by atoms with E-state index in [1.807, 2.05) is 0 Å². The molecule has 1 N–H and O–H groups in total. The minimum atomic E-state index is -0.720. The highest BCUT2D eigenvalue weighted by atomic mass is 32.1. The summed E-state index contributed by atoms with van der Waals surface area (Å²) < 4.78 is 2.60. The smallest absolute Gasteiger partial charge is 0.303 e. The van der Waals surface area contributed by atoms with Gasteiger partial charge in [0.2, 0.25) is 0 Å². The average Bonchev–Trinajstić information content (AvgIpc) is 2.76. The summed E-state index contributed by atoms with van der Waals surface area (Å²) in [6.45, 7) is 0. The second-order valence-corrected chi connectivity index (χ2v) is 5.76. The van der Waals surface area contributed by atoms with E-state index < -0.39 is 5.97 Å². The predicted octanol–water partition coefficient (Wildman–Crippen LogP) is 4.46. The zero-order chi connectivity index (χ0) is 13.2. The van der Waals surface area contributed by atoms with Gasteiger partial charge in [-0.05, 0) is 36.6 Å². The first-order valence-electron chi connectivity index (χ1n) is 6.36. The summed E-state index contributed by atoms with van der Waals surface area (Å²) in [4.78, 5) is 10.5. The number of rotatable bonds is 4. The molecular formula is C16H14O2S. The van der Waals surface area contributed by atoms with Crippen LogP contribution in [0.3, 0.4) is 0 Å². The quantitative estimate of drug-likeness (QED) is 0.760. The fourth-order valence-electron chi connectivity index (χ4n) is 2.37. The summed E-state index contributed by atoms with van der Waals surface area (Å²) in [6.07, 6.45) is 1.76. The second-order valence-electron chi connectivity index (χ2n) is 4.68. The highest BCUT2D eigenvalue weighted by Crippen LogP contribution is 2.34. The van der Waals surface area contributed by atoms with Gasteiger partial charge in [0.05, 0.1) is 0 Å². The molecule has 0 saturated carbocycles. The molecular weight excluding hydrogens is 256 g/mol. The van der Waals surface area contributed by atoms with Gasteiger partial charge in [0, 0.05) is 26.6 Å². The molecule has 0 spiro atoms. The Morgan fingerprint density at radius 1 is 1.05 bits per heavy atom. The normalized spacial score (nSPS) is 11.2. The van der Waals surface area contributed by atoms with Crippen LogP contribution in [-0.2, 0) is 11.2 Å². The lowest BCUT2D eigenvalue weighted by Crippen LogP contribution is -1.95. The van der Waals surface area contributed by atoms with Crippen molar-refractivity contribution in [1.29, 1.82) is 0 Å². The predicted molar refractivity (Wildman–Crippen MR) is 79.9 cm³/mol. The number of aliphatic carboxylic acids is 1. The van der Waals surface area contributed by atoms with E-state index in [-0.39, 0.29) is 6.42 Å².